The third-order valence-corrected chi connectivity index (χ3v) is 2.74. The van der Waals surface area contributed by atoms with Gasteiger partial charge in [-0.1, -0.05) is 18.2 Å². The maximum Gasteiger partial charge on any atom is 0.293 e. The minimum atomic E-state index is -0.389. The van der Waals surface area contributed by atoms with Gasteiger partial charge in [-0.25, -0.2) is 15.8 Å². The normalized spacial score (nSPS) is 16.6. The van der Waals surface area contributed by atoms with Gasteiger partial charge in [-0.15, -0.1) is 0 Å². The minimum Gasteiger partial charge on any atom is -0.465 e. The molecule has 0 saturated heterocycles. The number of guanidine groups is 1. The minimum absolute atomic E-state index is 0.223. The molecule has 0 atom stereocenters. The lowest BCUT2D eigenvalue weighted by atomic mass is 10.3. The zero-order valence-electron chi connectivity index (χ0n) is 10.5. The molecule has 0 unspecified atom stereocenters. The van der Waals surface area contributed by atoms with Gasteiger partial charge in [-0.2, -0.15) is 0 Å². The van der Waals surface area contributed by atoms with E-state index in [4.69, 9.17) is 10.3 Å². The van der Waals surface area contributed by atoms with Gasteiger partial charge in [0.25, 0.3) is 5.91 Å². The number of carbonyl (C=O) groups is 1. The van der Waals surface area contributed by atoms with E-state index in [0.717, 1.165) is 10.7 Å². The van der Waals surface area contributed by atoms with Crippen LogP contribution in [0.2, 0.25) is 0 Å². The number of anilines is 1. The molecule has 0 bridgehead atoms. The van der Waals surface area contributed by atoms with Crippen LogP contribution in [0.15, 0.2) is 63.8 Å². The third-order valence-electron chi connectivity index (χ3n) is 2.74. The molecule has 100 valence electrons. The molecule has 1 aromatic carbocycles. The summed E-state index contributed by atoms with van der Waals surface area (Å²) in [6.07, 6.45) is 3.07. The first kappa shape index (κ1) is 12.2. The summed E-state index contributed by atoms with van der Waals surface area (Å²) in [6.45, 7) is 0. The average Bonchev–Trinajstić information content (AvgIpc) is 3.06. The summed E-state index contributed by atoms with van der Waals surface area (Å²) in [6, 6.07) is 12.8. The number of hydrazine groups is 1. The Balaban J connectivity index is 1.86. The first-order valence-corrected chi connectivity index (χ1v) is 5.99. The van der Waals surface area contributed by atoms with Crippen LogP contribution in [0.25, 0.3) is 6.08 Å². The number of nitrogens with two attached hydrogens (primary N) is 1. The van der Waals surface area contributed by atoms with Crippen LogP contribution in [0.1, 0.15) is 5.76 Å². The van der Waals surface area contributed by atoms with Gasteiger partial charge in [0.15, 0.2) is 0 Å². The zero-order valence-corrected chi connectivity index (χ0v) is 10.5. The summed E-state index contributed by atoms with van der Waals surface area (Å²) < 4.78 is 5.15. The van der Waals surface area contributed by atoms with E-state index in [-0.39, 0.29) is 17.6 Å². The molecule has 1 aliphatic heterocycles. The number of benzene rings is 1. The number of hydrogen-bond acceptors (Lipinski definition) is 5. The van der Waals surface area contributed by atoms with Crippen LogP contribution in [-0.2, 0) is 4.79 Å². The molecule has 6 heteroatoms. The highest BCUT2D eigenvalue weighted by Gasteiger charge is 2.28. The van der Waals surface area contributed by atoms with E-state index in [1.54, 1.807) is 18.2 Å². The molecule has 0 radical (unpaired) electrons. The number of aliphatic imine (C=N–C) groups is 1. The van der Waals surface area contributed by atoms with Crippen molar-refractivity contribution in [2.75, 3.05) is 5.32 Å². The highest BCUT2D eigenvalue weighted by atomic mass is 16.3. The number of para-hydroxylation sites is 1. The second-order valence-electron chi connectivity index (χ2n) is 4.15. The topological polar surface area (TPSA) is 83.9 Å². The van der Waals surface area contributed by atoms with Crippen molar-refractivity contribution >= 4 is 23.6 Å². The predicted octanol–water partition coefficient (Wildman–Crippen LogP) is 1.80. The van der Waals surface area contributed by atoms with Gasteiger partial charge in [0.1, 0.15) is 11.5 Å². The molecule has 1 aromatic heterocycles. The Morgan fingerprint density at radius 1 is 1.20 bits per heavy atom. The SMILES string of the molecule is NN1C(=O)/C(=C/c2ccco2)N=C1Nc1ccccc1. The predicted molar refractivity (Wildman–Crippen MR) is 75.2 cm³/mol. The summed E-state index contributed by atoms with van der Waals surface area (Å²) in [4.78, 5) is 16.1. The van der Waals surface area contributed by atoms with Crippen LogP contribution in [0.5, 0.6) is 0 Å². The molecular formula is C14H12N4O2. The van der Waals surface area contributed by atoms with Crippen LogP contribution in [0.3, 0.4) is 0 Å². The van der Waals surface area contributed by atoms with Crippen molar-refractivity contribution in [3.63, 3.8) is 0 Å². The van der Waals surface area contributed by atoms with E-state index in [9.17, 15) is 4.79 Å². The van der Waals surface area contributed by atoms with Gasteiger partial charge < -0.3 is 9.73 Å². The standard InChI is InChI=1S/C14H12N4O2/c15-18-13(19)12(9-11-7-4-8-20-11)17-14(18)16-10-5-2-1-3-6-10/h1-9H,15H2,(H,16,17)/b12-9-. The number of amides is 1. The van der Waals surface area contributed by atoms with Gasteiger partial charge >= 0.3 is 0 Å². The number of nitrogens with zero attached hydrogens (tertiary/aromatic N) is 2. The summed E-state index contributed by atoms with van der Waals surface area (Å²) in [5.41, 5.74) is 1.02. The third kappa shape index (κ3) is 2.32. The van der Waals surface area contributed by atoms with Crippen LogP contribution < -0.4 is 11.2 Å². The Kier molecular flexibility index (Phi) is 3.06. The molecule has 0 aliphatic carbocycles. The smallest absolute Gasteiger partial charge is 0.293 e. The molecule has 1 aliphatic rings. The van der Waals surface area contributed by atoms with E-state index in [1.807, 2.05) is 30.3 Å². The molecule has 0 spiro atoms. The van der Waals surface area contributed by atoms with Gasteiger partial charge in [0.2, 0.25) is 5.96 Å². The largest absolute Gasteiger partial charge is 0.465 e. The Labute approximate surface area is 115 Å². The molecule has 6 nitrogen and oxygen atoms in total. The van der Waals surface area contributed by atoms with Crippen molar-refractivity contribution in [2.24, 2.45) is 10.8 Å². The van der Waals surface area contributed by atoms with E-state index in [0.29, 0.717) is 5.76 Å². The van der Waals surface area contributed by atoms with Crippen molar-refractivity contribution < 1.29 is 9.21 Å². The summed E-state index contributed by atoms with van der Waals surface area (Å²) in [5.74, 6) is 6.14. The van der Waals surface area contributed by atoms with Crippen molar-refractivity contribution in [2.45, 2.75) is 0 Å². The Bertz CT molecular complexity index is 674. The summed E-state index contributed by atoms with van der Waals surface area (Å²) in [7, 11) is 0. The highest BCUT2D eigenvalue weighted by molar-refractivity contribution is 6.16. The Morgan fingerprint density at radius 2 is 2.00 bits per heavy atom. The molecule has 20 heavy (non-hydrogen) atoms. The monoisotopic (exact) mass is 268 g/mol. The summed E-state index contributed by atoms with van der Waals surface area (Å²) in [5, 5.41) is 3.96. The first-order chi connectivity index (χ1) is 9.74. The molecule has 0 fully saturated rings. The maximum absolute atomic E-state index is 12.0. The van der Waals surface area contributed by atoms with Gasteiger partial charge in [0, 0.05) is 11.8 Å². The number of nitrogens with one attached hydrogen (secondary N) is 1. The lowest BCUT2D eigenvalue weighted by Gasteiger charge is -2.12. The van der Waals surface area contributed by atoms with Gasteiger partial charge in [0.05, 0.1) is 6.26 Å². The quantitative estimate of drug-likeness (QED) is 0.494. The van der Waals surface area contributed by atoms with Crippen LogP contribution in [0, 0.1) is 0 Å². The second kappa shape index (κ2) is 5.02. The molecule has 2 aromatic rings. The maximum atomic E-state index is 12.0. The van der Waals surface area contributed by atoms with Crippen molar-refractivity contribution in [3.05, 3.63) is 60.2 Å². The molecule has 3 N–H and O–H groups in total. The Hall–Kier alpha value is -2.86. The van der Waals surface area contributed by atoms with Gasteiger partial charge in [-0.05, 0) is 24.3 Å². The van der Waals surface area contributed by atoms with Crippen molar-refractivity contribution in [3.8, 4) is 0 Å². The first-order valence-electron chi connectivity index (χ1n) is 5.99. The van der Waals surface area contributed by atoms with Crippen molar-refractivity contribution in [1.29, 1.82) is 0 Å². The lowest BCUT2D eigenvalue weighted by molar-refractivity contribution is -0.122. The van der Waals surface area contributed by atoms with Crippen LogP contribution >= 0.6 is 0 Å². The van der Waals surface area contributed by atoms with Gasteiger partial charge in [-0.3, -0.25) is 4.79 Å². The molecule has 1 amide bonds. The fourth-order valence-corrected chi connectivity index (χ4v) is 1.78. The number of furan rings is 1. The van der Waals surface area contributed by atoms with E-state index in [1.165, 1.54) is 6.26 Å². The number of carbonyl (C=O) groups excluding carboxylic acids is 1. The molecular weight excluding hydrogens is 256 g/mol. The van der Waals surface area contributed by atoms with E-state index < -0.39 is 0 Å². The average molecular weight is 268 g/mol. The lowest BCUT2D eigenvalue weighted by Crippen LogP contribution is -2.42. The fourth-order valence-electron chi connectivity index (χ4n) is 1.78. The van der Waals surface area contributed by atoms with E-state index >= 15 is 0 Å². The number of rotatable bonds is 2. The van der Waals surface area contributed by atoms with Crippen LogP contribution in [-0.4, -0.2) is 16.9 Å². The number of hydrogen-bond donors (Lipinski definition) is 2. The van der Waals surface area contributed by atoms with Crippen molar-refractivity contribution in [1.82, 2.24) is 5.01 Å². The zero-order chi connectivity index (χ0) is 13.9. The molecule has 2 heterocycles. The highest BCUT2D eigenvalue weighted by Crippen LogP contribution is 2.17. The van der Waals surface area contributed by atoms with Crippen LogP contribution in [0.4, 0.5) is 5.69 Å². The second-order valence-corrected chi connectivity index (χ2v) is 4.15. The summed E-state index contributed by atoms with van der Waals surface area (Å²) >= 11 is 0. The van der Waals surface area contributed by atoms with E-state index in [2.05, 4.69) is 10.3 Å². The molecule has 0 saturated carbocycles. The molecule has 3 rings (SSSR count). The Morgan fingerprint density at radius 3 is 2.70 bits per heavy atom. The fraction of sp³-hybridized carbons (Fsp3) is 0.